The summed E-state index contributed by atoms with van der Waals surface area (Å²) in [5.41, 5.74) is 5.83. The topological polar surface area (TPSA) is 56.7 Å². The summed E-state index contributed by atoms with van der Waals surface area (Å²) in [6, 6.07) is 0. The van der Waals surface area contributed by atoms with Crippen LogP contribution in [0.4, 0.5) is 0 Å². The number of nitrogens with two attached hydrogens (primary N) is 1. The molecule has 1 aliphatic carbocycles. The summed E-state index contributed by atoms with van der Waals surface area (Å²) < 4.78 is 2.15. The van der Waals surface area contributed by atoms with Gasteiger partial charge in [0, 0.05) is 12.5 Å². The zero-order valence-corrected chi connectivity index (χ0v) is 9.39. The Balaban J connectivity index is 2.20. The predicted octanol–water partition coefficient (Wildman–Crippen LogP) is 1.53. The quantitative estimate of drug-likeness (QED) is 0.819. The van der Waals surface area contributed by atoms with Crippen LogP contribution in [0.2, 0.25) is 0 Å². The molecular weight excluding hydrogens is 188 g/mol. The van der Waals surface area contributed by atoms with Gasteiger partial charge in [0.1, 0.15) is 12.2 Å². The second-order valence-corrected chi connectivity index (χ2v) is 4.36. The monoisotopic (exact) mass is 208 g/mol. The molecule has 0 spiro atoms. The molecule has 0 radical (unpaired) electrons. The Morgan fingerprint density at radius 1 is 1.47 bits per heavy atom. The highest BCUT2D eigenvalue weighted by Gasteiger charge is 2.28. The molecule has 1 heterocycles. The molecule has 2 unspecified atom stereocenters. The highest BCUT2D eigenvalue weighted by atomic mass is 15.3. The number of nitrogens with zero attached hydrogens (tertiary/aromatic N) is 3. The highest BCUT2D eigenvalue weighted by molar-refractivity contribution is 5.01. The molecule has 84 valence electrons. The average molecular weight is 208 g/mol. The van der Waals surface area contributed by atoms with Gasteiger partial charge in [-0.15, -0.1) is 10.2 Å². The average Bonchev–Trinajstić information content (AvgIpc) is 2.76. The normalized spacial score (nSPS) is 26.8. The maximum atomic E-state index is 5.83. The van der Waals surface area contributed by atoms with Crippen LogP contribution in [0.15, 0.2) is 6.33 Å². The van der Waals surface area contributed by atoms with E-state index in [-0.39, 0.29) is 0 Å². The van der Waals surface area contributed by atoms with E-state index in [1.165, 1.54) is 25.7 Å². The minimum Gasteiger partial charge on any atom is -0.330 e. The summed E-state index contributed by atoms with van der Waals surface area (Å²) in [7, 11) is 0. The molecule has 0 saturated heterocycles. The van der Waals surface area contributed by atoms with E-state index < -0.39 is 0 Å². The largest absolute Gasteiger partial charge is 0.330 e. The molecule has 1 aromatic heterocycles. The summed E-state index contributed by atoms with van der Waals surface area (Å²) in [4.78, 5) is 0. The SMILES string of the molecule is CCn1cnnc1C1CCCCC1CN. The number of aryl methyl sites for hydroxylation is 1. The maximum absolute atomic E-state index is 5.83. The van der Waals surface area contributed by atoms with Crippen molar-refractivity contribution in [3.63, 3.8) is 0 Å². The van der Waals surface area contributed by atoms with Gasteiger partial charge in [0.25, 0.3) is 0 Å². The van der Waals surface area contributed by atoms with Crippen LogP contribution < -0.4 is 5.73 Å². The van der Waals surface area contributed by atoms with Crippen molar-refractivity contribution in [2.75, 3.05) is 6.54 Å². The van der Waals surface area contributed by atoms with Crippen molar-refractivity contribution in [1.29, 1.82) is 0 Å². The van der Waals surface area contributed by atoms with E-state index in [4.69, 9.17) is 5.73 Å². The van der Waals surface area contributed by atoms with Crippen LogP contribution >= 0.6 is 0 Å². The predicted molar refractivity (Wildman–Crippen MR) is 59.4 cm³/mol. The molecule has 0 aliphatic heterocycles. The van der Waals surface area contributed by atoms with E-state index in [1.807, 2.05) is 6.33 Å². The minimum absolute atomic E-state index is 0.534. The molecular formula is C11H20N4. The fourth-order valence-electron chi connectivity index (χ4n) is 2.62. The Labute approximate surface area is 90.9 Å². The van der Waals surface area contributed by atoms with Crippen molar-refractivity contribution in [3.05, 3.63) is 12.2 Å². The molecule has 1 saturated carbocycles. The van der Waals surface area contributed by atoms with Crippen molar-refractivity contribution >= 4 is 0 Å². The second kappa shape index (κ2) is 4.75. The molecule has 4 heteroatoms. The first-order chi connectivity index (χ1) is 7.36. The lowest BCUT2D eigenvalue weighted by Crippen LogP contribution is -2.27. The number of aromatic nitrogens is 3. The smallest absolute Gasteiger partial charge is 0.136 e. The van der Waals surface area contributed by atoms with Crippen LogP contribution in [-0.2, 0) is 6.54 Å². The fourth-order valence-corrected chi connectivity index (χ4v) is 2.62. The van der Waals surface area contributed by atoms with Crippen LogP contribution in [-0.4, -0.2) is 21.3 Å². The zero-order chi connectivity index (χ0) is 10.7. The van der Waals surface area contributed by atoms with Crippen molar-refractivity contribution < 1.29 is 0 Å². The first-order valence-electron chi connectivity index (χ1n) is 5.94. The molecule has 0 bridgehead atoms. The number of hydrogen-bond donors (Lipinski definition) is 1. The molecule has 0 amide bonds. The Morgan fingerprint density at radius 2 is 2.27 bits per heavy atom. The Hall–Kier alpha value is -0.900. The molecule has 2 rings (SSSR count). The van der Waals surface area contributed by atoms with Gasteiger partial charge in [-0.05, 0) is 32.2 Å². The molecule has 4 nitrogen and oxygen atoms in total. The summed E-state index contributed by atoms with van der Waals surface area (Å²) in [5, 5.41) is 8.28. The van der Waals surface area contributed by atoms with Crippen LogP contribution in [0.25, 0.3) is 0 Å². The van der Waals surface area contributed by atoms with Gasteiger partial charge in [0.2, 0.25) is 0 Å². The lowest BCUT2D eigenvalue weighted by Gasteiger charge is -2.29. The summed E-state index contributed by atoms with van der Waals surface area (Å²) in [6.07, 6.45) is 6.92. The van der Waals surface area contributed by atoms with E-state index in [0.717, 1.165) is 18.9 Å². The van der Waals surface area contributed by atoms with Gasteiger partial charge in [-0.25, -0.2) is 0 Å². The second-order valence-electron chi connectivity index (χ2n) is 4.36. The Morgan fingerprint density at radius 3 is 3.00 bits per heavy atom. The van der Waals surface area contributed by atoms with Crippen LogP contribution in [0, 0.1) is 5.92 Å². The Kier molecular flexibility index (Phi) is 3.36. The van der Waals surface area contributed by atoms with Gasteiger partial charge < -0.3 is 10.3 Å². The summed E-state index contributed by atoms with van der Waals surface area (Å²) >= 11 is 0. The van der Waals surface area contributed by atoms with Gasteiger partial charge in [-0.2, -0.15) is 0 Å². The highest BCUT2D eigenvalue weighted by Crippen LogP contribution is 2.36. The first-order valence-corrected chi connectivity index (χ1v) is 5.94. The lowest BCUT2D eigenvalue weighted by molar-refractivity contribution is 0.298. The first kappa shape index (κ1) is 10.6. The van der Waals surface area contributed by atoms with Gasteiger partial charge in [0.05, 0.1) is 0 Å². The number of rotatable bonds is 3. The molecule has 15 heavy (non-hydrogen) atoms. The standard InChI is InChI=1S/C11H20N4/c1-2-15-8-13-14-11(15)10-6-4-3-5-9(10)7-12/h8-10H,2-7,12H2,1H3. The number of hydrogen-bond acceptors (Lipinski definition) is 3. The molecule has 2 atom stereocenters. The summed E-state index contributed by atoms with van der Waals surface area (Å²) in [6.45, 7) is 3.87. The van der Waals surface area contributed by atoms with Crippen LogP contribution in [0.5, 0.6) is 0 Å². The lowest BCUT2D eigenvalue weighted by atomic mass is 9.79. The van der Waals surface area contributed by atoms with E-state index in [0.29, 0.717) is 11.8 Å². The minimum atomic E-state index is 0.534. The van der Waals surface area contributed by atoms with Gasteiger partial charge >= 0.3 is 0 Å². The fraction of sp³-hybridized carbons (Fsp3) is 0.818. The van der Waals surface area contributed by atoms with Crippen molar-refractivity contribution in [2.24, 2.45) is 11.7 Å². The van der Waals surface area contributed by atoms with E-state index in [2.05, 4.69) is 21.7 Å². The van der Waals surface area contributed by atoms with E-state index in [9.17, 15) is 0 Å². The molecule has 1 fully saturated rings. The third-order valence-electron chi connectivity index (χ3n) is 3.53. The zero-order valence-electron chi connectivity index (χ0n) is 9.39. The van der Waals surface area contributed by atoms with Crippen molar-refractivity contribution in [1.82, 2.24) is 14.8 Å². The maximum Gasteiger partial charge on any atom is 0.136 e. The molecule has 1 aromatic rings. The van der Waals surface area contributed by atoms with Gasteiger partial charge in [0.15, 0.2) is 0 Å². The van der Waals surface area contributed by atoms with Crippen LogP contribution in [0.1, 0.15) is 44.3 Å². The van der Waals surface area contributed by atoms with Crippen molar-refractivity contribution in [2.45, 2.75) is 45.1 Å². The summed E-state index contributed by atoms with van der Waals surface area (Å²) in [5.74, 6) is 2.28. The Bertz CT molecular complexity index is 307. The molecule has 0 aromatic carbocycles. The van der Waals surface area contributed by atoms with E-state index >= 15 is 0 Å². The molecule has 2 N–H and O–H groups in total. The van der Waals surface area contributed by atoms with Gasteiger partial charge in [-0.3, -0.25) is 0 Å². The van der Waals surface area contributed by atoms with Gasteiger partial charge in [-0.1, -0.05) is 12.8 Å². The van der Waals surface area contributed by atoms with Crippen LogP contribution in [0.3, 0.4) is 0 Å². The third kappa shape index (κ3) is 2.04. The molecule has 1 aliphatic rings. The van der Waals surface area contributed by atoms with Crippen molar-refractivity contribution in [3.8, 4) is 0 Å². The third-order valence-corrected chi connectivity index (χ3v) is 3.53. The van der Waals surface area contributed by atoms with E-state index in [1.54, 1.807) is 0 Å².